The first-order valence-electron chi connectivity index (χ1n) is 15.7. The van der Waals surface area contributed by atoms with Gasteiger partial charge in [0.2, 0.25) is 11.8 Å². The third-order valence-corrected chi connectivity index (χ3v) is 10.7. The number of likely N-dealkylation sites (tertiary alicyclic amines) is 2. The van der Waals surface area contributed by atoms with Gasteiger partial charge >= 0.3 is 0 Å². The highest BCUT2D eigenvalue weighted by Gasteiger charge is 2.57. The van der Waals surface area contributed by atoms with Gasteiger partial charge in [-0.15, -0.1) is 0 Å². The number of amides is 2. The van der Waals surface area contributed by atoms with E-state index in [2.05, 4.69) is 39.0 Å². The molecule has 2 heterocycles. The Bertz CT molecular complexity index is 1640. The summed E-state index contributed by atoms with van der Waals surface area (Å²) in [6.45, 7) is 2.53. The zero-order valence-corrected chi connectivity index (χ0v) is 26.4. The van der Waals surface area contributed by atoms with E-state index in [9.17, 15) is 19.2 Å². The molecule has 4 atom stereocenters. The fraction of sp³-hybridized carbons (Fsp3) is 0.389. The van der Waals surface area contributed by atoms with Gasteiger partial charge in [-0.05, 0) is 70.8 Å². The lowest BCUT2D eigenvalue weighted by Crippen LogP contribution is -2.47. The highest BCUT2D eigenvalue weighted by Crippen LogP contribution is 2.55. The SMILES string of the molecule is O=C1C=C(Br)C(=O)C2=C1C(c1ccc(OCCO)cc1)C1=CCC3C(=O)N(C4CCN(Cc5ccccc5)CC4)C(=O)C3C1C2. The molecule has 2 amide bonds. The molecule has 4 unspecified atom stereocenters. The molecule has 0 radical (unpaired) electrons. The number of ketones is 2. The summed E-state index contributed by atoms with van der Waals surface area (Å²) in [5, 5.41) is 9.13. The van der Waals surface area contributed by atoms with E-state index in [1.807, 2.05) is 30.3 Å². The molecule has 2 fully saturated rings. The van der Waals surface area contributed by atoms with E-state index in [4.69, 9.17) is 9.84 Å². The molecule has 8 nitrogen and oxygen atoms in total. The lowest BCUT2D eigenvalue weighted by molar-refractivity contribution is -0.144. The van der Waals surface area contributed by atoms with Gasteiger partial charge in [0, 0.05) is 48.8 Å². The van der Waals surface area contributed by atoms with Crippen molar-refractivity contribution in [2.75, 3.05) is 26.3 Å². The number of rotatable bonds is 7. The van der Waals surface area contributed by atoms with Gasteiger partial charge in [0.15, 0.2) is 11.6 Å². The van der Waals surface area contributed by atoms with Crippen molar-refractivity contribution >= 4 is 39.3 Å². The third kappa shape index (κ3) is 5.34. The van der Waals surface area contributed by atoms with Crippen molar-refractivity contribution in [2.24, 2.45) is 17.8 Å². The van der Waals surface area contributed by atoms with Crippen molar-refractivity contribution in [2.45, 2.75) is 44.2 Å². The fourth-order valence-electron chi connectivity index (χ4n) is 8.07. The van der Waals surface area contributed by atoms with Crippen LogP contribution in [0, 0.1) is 17.8 Å². The van der Waals surface area contributed by atoms with Gasteiger partial charge in [-0.3, -0.25) is 29.0 Å². The monoisotopic (exact) mass is 670 g/mol. The fourth-order valence-corrected chi connectivity index (χ4v) is 8.51. The summed E-state index contributed by atoms with van der Waals surface area (Å²) in [7, 11) is 0. The predicted molar refractivity (Wildman–Crippen MR) is 170 cm³/mol. The van der Waals surface area contributed by atoms with Crippen LogP contribution < -0.4 is 4.74 Å². The predicted octanol–water partition coefficient (Wildman–Crippen LogP) is 4.48. The number of benzene rings is 2. The van der Waals surface area contributed by atoms with E-state index < -0.39 is 17.8 Å². The number of Topliss-reactive ketones (excluding diaryl/α,β-unsaturated/α-hetero) is 1. The Morgan fingerprint density at radius 1 is 0.911 bits per heavy atom. The quantitative estimate of drug-likeness (QED) is 0.263. The lowest BCUT2D eigenvalue weighted by Gasteiger charge is -2.42. The summed E-state index contributed by atoms with van der Waals surface area (Å²) in [6.07, 6.45) is 5.56. The Hall–Kier alpha value is -3.66. The molecule has 2 aromatic rings. The van der Waals surface area contributed by atoms with Crippen LogP contribution in [0.25, 0.3) is 0 Å². The van der Waals surface area contributed by atoms with Crippen LogP contribution in [-0.2, 0) is 25.7 Å². The molecular weight excluding hydrogens is 636 g/mol. The van der Waals surface area contributed by atoms with Gasteiger partial charge in [-0.25, -0.2) is 0 Å². The molecule has 2 aromatic carbocycles. The molecule has 3 aliphatic carbocycles. The van der Waals surface area contributed by atoms with Crippen LogP contribution >= 0.6 is 15.9 Å². The van der Waals surface area contributed by atoms with Gasteiger partial charge in [-0.1, -0.05) is 54.1 Å². The van der Waals surface area contributed by atoms with Crippen LogP contribution in [0.4, 0.5) is 0 Å². The van der Waals surface area contributed by atoms with E-state index in [1.165, 1.54) is 11.6 Å². The largest absolute Gasteiger partial charge is 0.491 e. The molecule has 0 saturated carbocycles. The normalized spacial score (nSPS) is 27.2. The first-order valence-corrected chi connectivity index (χ1v) is 16.5. The maximum atomic E-state index is 14.3. The number of piperidine rings is 1. The van der Waals surface area contributed by atoms with Crippen molar-refractivity contribution in [3.05, 3.63) is 99.1 Å². The maximum Gasteiger partial charge on any atom is 0.233 e. The average molecular weight is 672 g/mol. The van der Waals surface area contributed by atoms with Gasteiger partial charge < -0.3 is 9.84 Å². The number of allylic oxidation sites excluding steroid dienone is 6. The van der Waals surface area contributed by atoms with Gasteiger partial charge in [-0.2, -0.15) is 0 Å². The number of halogens is 1. The molecule has 0 aromatic heterocycles. The number of hydrogen-bond donors (Lipinski definition) is 1. The zero-order valence-electron chi connectivity index (χ0n) is 24.9. The number of carbonyl (C=O) groups excluding carboxylic acids is 4. The molecule has 2 saturated heterocycles. The van der Waals surface area contributed by atoms with E-state index in [0.717, 1.165) is 43.6 Å². The number of imide groups is 1. The number of aliphatic hydroxyl groups excluding tert-OH is 1. The first kappa shape index (κ1) is 30.0. The molecule has 1 N–H and O–H groups in total. The van der Waals surface area contributed by atoms with Crippen molar-refractivity contribution in [1.29, 1.82) is 0 Å². The molecule has 45 heavy (non-hydrogen) atoms. The summed E-state index contributed by atoms with van der Waals surface area (Å²) < 4.78 is 5.77. The highest BCUT2D eigenvalue weighted by molar-refractivity contribution is 9.12. The number of fused-ring (bicyclic) bond motifs is 3. The Morgan fingerprint density at radius 2 is 1.64 bits per heavy atom. The van der Waals surface area contributed by atoms with Gasteiger partial charge in [0.1, 0.15) is 12.4 Å². The Balaban J connectivity index is 1.16. The molecule has 0 bridgehead atoms. The first-order chi connectivity index (χ1) is 21.9. The Kier molecular flexibility index (Phi) is 8.18. The summed E-state index contributed by atoms with van der Waals surface area (Å²) in [6, 6.07) is 17.5. The van der Waals surface area contributed by atoms with Gasteiger partial charge in [0.05, 0.1) is 22.9 Å². The topological polar surface area (TPSA) is 104 Å². The number of carbonyl (C=O) groups is 4. The van der Waals surface area contributed by atoms with Crippen LogP contribution in [0.15, 0.2) is 88.0 Å². The molecule has 7 rings (SSSR count). The molecule has 2 aliphatic heterocycles. The van der Waals surface area contributed by atoms with E-state index in [0.29, 0.717) is 23.3 Å². The second kappa shape index (κ2) is 12.3. The number of ether oxygens (including phenoxy) is 1. The molecule has 5 aliphatic rings. The van der Waals surface area contributed by atoms with E-state index >= 15 is 0 Å². The van der Waals surface area contributed by atoms with Crippen LogP contribution in [0.1, 0.15) is 42.7 Å². The minimum atomic E-state index is -0.559. The van der Waals surface area contributed by atoms with Crippen molar-refractivity contribution < 1.29 is 29.0 Å². The number of hydrogen-bond acceptors (Lipinski definition) is 7. The zero-order chi connectivity index (χ0) is 31.2. The number of aliphatic hydroxyl groups is 1. The standard InChI is InChI=1S/C36H35BrN2O6/c37-29-19-30(41)33-28(34(29)42)18-27-25(31(33)22-6-8-24(9-7-22)45-17-16-40)10-11-26-32(27)36(44)39(35(26)43)23-12-14-38(15-13-23)20-21-4-2-1-3-5-21/h1-10,19,23,26-27,31-32,40H,11-18,20H2. The van der Waals surface area contributed by atoms with Crippen LogP contribution in [0.3, 0.4) is 0 Å². The minimum Gasteiger partial charge on any atom is -0.491 e. The minimum absolute atomic E-state index is 0.101. The van der Waals surface area contributed by atoms with Crippen molar-refractivity contribution in [1.82, 2.24) is 9.80 Å². The van der Waals surface area contributed by atoms with Gasteiger partial charge in [0.25, 0.3) is 0 Å². The summed E-state index contributed by atoms with van der Waals surface area (Å²) in [5.74, 6) is -1.99. The van der Waals surface area contributed by atoms with Crippen LogP contribution in [-0.4, -0.2) is 70.6 Å². The Morgan fingerprint density at radius 3 is 2.36 bits per heavy atom. The lowest BCUT2D eigenvalue weighted by atomic mass is 9.59. The molecule has 9 heteroatoms. The smallest absolute Gasteiger partial charge is 0.233 e. The molecule has 232 valence electrons. The summed E-state index contributed by atoms with van der Waals surface area (Å²) >= 11 is 3.29. The highest BCUT2D eigenvalue weighted by atomic mass is 79.9. The second-order valence-corrected chi connectivity index (χ2v) is 13.4. The summed E-state index contributed by atoms with van der Waals surface area (Å²) in [4.78, 5) is 59.1. The average Bonchev–Trinajstić information content (AvgIpc) is 3.32. The van der Waals surface area contributed by atoms with E-state index in [1.54, 1.807) is 17.0 Å². The summed E-state index contributed by atoms with van der Waals surface area (Å²) in [5.41, 5.74) is 3.88. The van der Waals surface area contributed by atoms with E-state index in [-0.39, 0.29) is 59.5 Å². The van der Waals surface area contributed by atoms with Crippen molar-refractivity contribution in [3.8, 4) is 5.75 Å². The van der Waals surface area contributed by atoms with Crippen LogP contribution in [0.5, 0.6) is 5.75 Å². The molecular formula is C36H35BrN2O6. The third-order valence-electron chi connectivity index (χ3n) is 10.1. The maximum absolute atomic E-state index is 14.3. The number of nitrogens with zero attached hydrogens (tertiary/aromatic N) is 2. The van der Waals surface area contributed by atoms with Crippen LogP contribution in [0.2, 0.25) is 0 Å². The second-order valence-electron chi connectivity index (χ2n) is 12.6. The van der Waals surface area contributed by atoms with Crippen molar-refractivity contribution in [3.63, 3.8) is 0 Å². The molecule has 0 spiro atoms. The Labute approximate surface area is 270 Å².